The third kappa shape index (κ3) is 3.31. The minimum Gasteiger partial charge on any atom is -0.480 e. The van der Waals surface area contributed by atoms with Crippen LogP contribution in [0.5, 0.6) is 0 Å². The number of nitrogens with zero attached hydrogens (tertiary/aromatic N) is 3. The lowest BCUT2D eigenvalue weighted by Crippen LogP contribution is -2.36. The number of anilines is 2. The van der Waals surface area contributed by atoms with Crippen LogP contribution in [0.3, 0.4) is 0 Å². The number of aliphatic carboxylic acids is 1. The Bertz CT molecular complexity index is 452. The summed E-state index contributed by atoms with van der Waals surface area (Å²) in [6.07, 6.45) is 2.40. The van der Waals surface area contributed by atoms with Crippen LogP contribution >= 0.6 is 0 Å². The quantitative estimate of drug-likeness (QED) is 0.706. The van der Waals surface area contributed by atoms with Gasteiger partial charge in [-0.25, -0.2) is 14.8 Å². The van der Waals surface area contributed by atoms with Gasteiger partial charge in [-0.15, -0.1) is 0 Å². The molecular weight excluding hydrogens is 248 g/mol. The van der Waals surface area contributed by atoms with Gasteiger partial charge in [-0.3, -0.25) is 0 Å². The fourth-order valence-corrected chi connectivity index (χ4v) is 2.15. The molecule has 3 N–H and O–H groups in total. The Kier molecular flexibility index (Phi) is 4.16. The van der Waals surface area contributed by atoms with Crippen molar-refractivity contribution in [3.63, 3.8) is 0 Å². The molecule has 1 aliphatic rings. The molecule has 1 aromatic heterocycles. The standard InChI is InChI=1S/C12H18N4O3/c1-8(17)6-13-10-5-11(15-7-14-10)16-4-2-3-9(16)12(18)19/h5,7-9,17H,2-4,6H2,1H3,(H,18,19)(H,13,14,15). The molecule has 1 saturated heterocycles. The fourth-order valence-electron chi connectivity index (χ4n) is 2.15. The van der Waals surface area contributed by atoms with Crippen molar-refractivity contribution in [1.82, 2.24) is 9.97 Å². The van der Waals surface area contributed by atoms with E-state index >= 15 is 0 Å². The summed E-state index contributed by atoms with van der Waals surface area (Å²) in [6.45, 7) is 2.75. The highest BCUT2D eigenvalue weighted by Gasteiger charge is 2.31. The molecule has 0 aliphatic carbocycles. The molecule has 1 aliphatic heterocycles. The van der Waals surface area contributed by atoms with E-state index in [4.69, 9.17) is 5.11 Å². The van der Waals surface area contributed by atoms with Gasteiger partial charge in [-0.1, -0.05) is 0 Å². The second-order valence-electron chi connectivity index (χ2n) is 4.68. The molecule has 19 heavy (non-hydrogen) atoms. The summed E-state index contributed by atoms with van der Waals surface area (Å²) in [6, 6.07) is 1.20. The van der Waals surface area contributed by atoms with Gasteiger partial charge in [-0.2, -0.15) is 0 Å². The molecule has 2 unspecified atom stereocenters. The molecule has 2 atom stereocenters. The number of aromatic nitrogens is 2. The Morgan fingerprint density at radius 1 is 1.63 bits per heavy atom. The molecule has 0 amide bonds. The average Bonchev–Trinajstić information content (AvgIpc) is 2.86. The summed E-state index contributed by atoms with van der Waals surface area (Å²) >= 11 is 0. The van der Waals surface area contributed by atoms with E-state index < -0.39 is 18.1 Å². The highest BCUT2D eigenvalue weighted by Crippen LogP contribution is 2.24. The predicted molar refractivity (Wildman–Crippen MR) is 70.2 cm³/mol. The number of carbonyl (C=O) groups is 1. The maximum absolute atomic E-state index is 11.2. The number of rotatable bonds is 5. The second kappa shape index (κ2) is 5.83. The molecule has 7 nitrogen and oxygen atoms in total. The van der Waals surface area contributed by atoms with E-state index in [1.165, 1.54) is 6.33 Å². The number of nitrogens with one attached hydrogen (secondary N) is 1. The summed E-state index contributed by atoms with van der Waals surface area (Å²) in [5, 5.41) is 21.3. The smallest absolute Gasteiger partial charge is 0.326 e. The third-order valence-corrected chi connectivity index (χ3v) is 3.06. The van der Waals surface area contributed by atoms with Crippen molar-refractivity contribution in [2.24, 2.45) is 0 Å². The van der Waals surface area contributed by atoms with E-state index in [1.807, 2.05) is 0 Å². The van der Waals surface area contributed by atoms with E-state index in [-0.39, 0.29) is 0 Å². The van der Waals surface area contributed by atoms with Crippen molar-refractivity contribution in [3.8, 4) is 0 Å². The molecule has 0 aromatic carbocycles. The first-order valence-corrected chi connectivity index (χ1v) is 6.31. The zero-order valence-electron chi connectivity index (χ0n) is 10.8. The molecule has 0 saturated carbocycles. The second-order valence-corrected chi connectivity index (χ2v) is 4.68. The zero-order chi connectivity index (χ0) is 13.8. The van der Waals surface area contributed by atoms with E-state index in [9.17, 15) is 9.90 Å². The first-order chi connectivity index (χ1) is 9.08. The maximum Gasteiger partial charge on any atom is 0.326 e. The van der Waals surface area contributed by atoms with Gasteiger partial charge in [0.15, 0.2) is 0 Å². The van der Waals surface area contributed by atoms with E-state index in [1.54, 1.807) is 17.9 Å². The Morgan fingerprint density at radius 2 is 2.42 bits per heavy atom. The van der Waals surface area contributed by atoms with Crippen LogP contribution < -0.4 is 10.2 Å². The van der Waals surface area contributed by atoms with Gasteiger partial charge in [0, 0.05) is 19.2 Å². The number of aliphatic hydroxyl groups excluding tert-OH is 1. The van der Waals surface area contributed by atoms with Gasteiger partial charge in [-0.05, 0) is 19.8 Å². The molecule has 1 aromatic rings. The Balaban J connectivity index is 2.11. The van der Waals surface area contributed by atoms with Crippen LogP contribution in [0.4, 0.5) is 11.6 Å². The van der Waals surface area contributed by atoms with Crippen molar-refractivity contribution >= 4 is 17.6 Å². The molecule has 104 valence electrons. The van der Waals surface area contributed by atoms with Crippen molar-refractivity contribution in [2.75, 3.05) is 23.3 Å². The number of aliphatic hydroxyl groups is 1. The summed E-state index contributed by atoms with van der Waals surface area (Å²) in [4.78, 5) is 21.1. The maximum atomic E-state index is 11.2. The predicted octanol–water partition coefficient (Wildman–Crippen LogP) is 0.323. The number of hydrogen-bond donors (Lipinski definition) is 3. The molecule has 0 spiro atoms. The Hall–Kier alpha value is -1.89. The SMILES string of the molecule is CC(O)CNc1cc(N2CCCC2C(=O)O)ncn1. The third-order valence-electron chi connectivity index (χ3n) is 3.06. The van der Waals surface area contributed by atoms with Crippen molar-refractivity contribution in [3.05, 3.63) is 12.4 Å². The highest BCUT2D eigenvalue weighted by molar-refractivity contribution is 5.78. The number of carboxylic acids is 1. The topological polar surface area (TPSA) is 98.6 Å². The Labute approximate surface area is 111 Å². The first kappa shape index (κ1) is 13.5. The van der Waals surface area contributed by atoms with Crippen LogP contribution in [0.25, 0.3) is 0 Å². The molecule has 2 rings (SSSR count). The molecule has 1 fully saturated rings. The summed E-state index contributed by atoms with van der Waals surface area (Å²) in [5.74, 6) is 0.365. The van der Waals surface area contributed by atoms with Gasteiger partial charge >= 0.3 is 5.97 Å². The zero-order valence-corrected chi connectivity index (χ0v) is 10.8. The number of carboxylic acid groups (broad SMARTS) is 1. The van der Waals surface area contributed by atoms with Gasteiger partial charge in [0.05, 0.1) is 6.10 Å². The summed E-state index contributed by atoms with van der Waals surface area (Å²) < 4.78 is 0. The highest BCUT2D eigenvalue weighted by atomic mass is 16.4. The summed E-state index contributed by atoms with van der Waals surface area (Å²) in [5.41, 5.74) is 0. The lowest BCUT2D eigenvalue weighted by molar-refractivity contribution is -0.138. The average molecular weight is 266 g/mol. The normalized spacial score (nSPS) is 20.3. The van der Waals surface area contributed by atoms with Gasteiger partial charge in [0.2, 0.25) is 0 Å². The molecule has 0 radical (unpaired) electrons. The van der Waals surface area contributed by atoms with Crippen molar-refractivity contribution in [1.29, 1.82) is 0 Å². The van der Waals surface area contributed by atoms with Crippen LogP contribution in [0, 0.1) is 0 Å². The monoisotopic (exact) mass is 266 g/mol. The lowest BCUT2D eigenvalue weighted by atomic mass is 10.2. The van der Waals surface area contributed by atoms with Crippen LogP contribution in [0.1, 0.15) is 19.8 Å². The van der Waals surface area contributed by atoms with Crippen molar-refractivity contribution in [2.45, 2.75) is 31.9 Å². The Morgan fingerprint density at radius 3 is 3.11 bits per heavy atom. The fraction of sp³-hybridized carbons (Fsp3) is 0.583. The van der Waals surface area contributed by atoms with Gasteiger partial charge < -0.3 is 20.4 Å². The number of hydrogen-bond acceptors (Lipinski definition) is 6. The molecule has 2 heterocycles. The molecule has 0 bridgehead atoms. The van der Waals surface area contributed by atoms with Crippen molar-refractivity contribution < 1.29 is 15.0 Å². The van der Waals surface area contributed by atoms with Crippen LogP contribution in [0.2, 0.25) is 0 Å². The van der Waals surface area contributed by atoms with E-state index in [0.29, 0.717) is 31.1 Å². The van der Waals surface area contributed by atoms with Gasteiger partial charge in [0.25, 0.3) is 0 Å². The van der Waals surface area contributed by atoms with Gasteiger partial charge in [0.1, 0.15) is 24.0 Å². The van der Waals surface area contributed by atoms with E-state index in [2.05, 4.69) is 15.3 Å². The van der Waals surface area contributed by atoms with Crippen LogP contribution in [0.15, 0.2) is 12.4 Å². The minimum atomic E-state index is -0.824. The largest absolute Gasteiger partial charge is 0.480 e. The molecule has 7 heteroatoms. The summed E-state index contributed by atoms with van der Waals surface area (Å²) in [7, 11) is 0. The van der Waals surface area contributed by atoms with Crippen LogP contribution in [-0.2, 0) is 4.79 Å². The van der Waals surface area contributed by atoms with E-state index in [0.717, 1.165) is 6.42 Å². The van der Waals surface area contributed by atoms with Crippen LogP contribution in [-0.4, -0.2) is 51.4 Å². The minimum absolute atomic E-state index is 0.388. The first-order valence-electron chi connectivity index (χ1n) is 6.31. The lowest BCUT2D eigenvalue weighted by Gasteiger charge is -2.22. The molecular formula is C12H18N4O3.